The number of carbonyl (C=O) groups is 1. The molecule has 4 heteroatoms. The number of fused-ring (bicyclic) bond motifs is 1. The van der Waals surface area contributed by atoms with Crippen LogP contribution in [0.4, 0.5) is 0 Å². The molecule has 2 rings (SSSR count). The third-order valence-electron chi connectivity index (χ3n) is 2.36. The predicted molar refractivity (Wildman–Crippen MR) is 55.7 cm³/mol. The molecule has 1 aromatic carbocycles. The van der Waals surface area contributed by atoms with Crippen LogP contribution in [0.2, 0.25) is 0 Å². The Morgan fingerprint density at radius 3 is 2.86 bits per heavy atom. The Morgan fingerprint density at radius 2 is 2.14 bits per heavy atom. The summed E-state index contributed by atoms with van der Waals surface area (Å²) in [6, 6.07) is 7.17. The molecule has 3 nitrogen and oxygen atoms in total. The molecule has 0 saturated carbocycles. The average molecular weight is 201 g/mol. The van der Waals surface area contributed by atoms with Crippen molar-refractivity contribution >= 4 is 35.5 Å². The van der Waals surface area contributed by atoms with Gasteiger partial charge in [-0.1, -0.05) is 24.3 Å². The molecule has 0 fully saturated rings. The summed E-state index contributed by atoms with van der Waals surface area (Å²) in [6.45, 7) is 0.744. The Morgan fingerprint density at radius 1 is 1.43 bits per heavy atom. The molecule has 1 atom stereocenters. The molecule has 2 N–H and O–H groups in total. The van der Waals surface area contributed by atoms with Crippen LogP contribution < -0.4 is 5.32 Å². The number of carboxylic acids is 1. The van der Waals surface area contributed by atoms with Crippen LogP contribution in [0.1, 0.15) is 17.2 Å². The van der Waals surface area contributed by atoms with E-state index in [9.17, 15) is 4.79 Å². The van der Waals surface area contributed by atoms with Crippen molar-refractivity contribution < 1.29 is 9.90 Å². The van der Waals surface area contributed by atoms with Crippen molar-refractivity contribution in [3.63, 3.8) is 0 Å². The zero-order chi connectivity index (χ0) is 9.26. The van der Waals surface area contributed by atoms with Crippen LogP contribution in [0.25, 0.3) is 0 Å². The third-order valence-corrected chi connectivity index (χ3v) is 2.36. The molecule has 14 heavy (non-hydrogen) atoms. The van der Waals surface area contributed by atoms with Crippen molar-refractivity contribution in [1.82, 2.24) is 5.32 Å². The second kappa shape index (κ2) is 4.94. The van der Waals surface area contributed by atoms with Crippen LogP contribution in [0.15, 0.2) is 24.3 Å². The monoisotopic (exact) mass is 201 g/mol. The summed E-state index contributed by atoms with van der Waals surface area (Å²) in [4.78, 5) is 10.9. The number of hydrogen-bond acceptors (Lipinski definition) is 2. The molecule has 70 valence electrons. The first-order chi connectivity index (χ1) is 6.29. The number of benzene rings is 1. The molecule has 0 spiro atoms. The molecule has 0 radical (unpaired) electrons. The molecule has 0 saturated heterocycles. The van der Waals surface area contributed by atoms with E-state index in [1.54, 1.807) is 0 Å². The van der Waals surface area contributed by atoms with Crippen molar-refractivity contribution in [2.45, 2.75) is 12.5 Å². The predicted octanol–water partition coefficient (Wildman–Crippen LogP) is 0.309. The van der Waals surface area contributed by atoms with Gasteiger partial charge in [0.1, 0.15) is 6.04 Å². The zero-order valence-corrected chi connectivity index (χ0v) is 7.16. The van der Waals surface area contributed by atoms with Crippen LogP contribution in [0, 0.1) is 0 Å². The van der Waals surface area contributed by atoms with Gasteiger partial charge >= 0.3 is 35.5 Å². The number of rotatable bonds is 1. The van der Waals surface area contributed by atoms with Crippen molar-refractivity contribution in [3.05, 3.63) is 35.4 Å². The van der Waals surface area contributed by atoms with Gasteiger partial charge in [-0.3, -0.25) is 4.79 Å². The number of aliphatic carboxylic acids is 1. The van der Waals surface area contributed by atoms with Gasteiger partial charge in [-0.05, 0) is 17.5 Å². The molecule has 1 aromatic rings. The van der Waals surface area contributed by atoms with E-state index in [2.05, 4.69) is 5.32 Å². The van der Waals surface area contributed by atoms with Gasteiger partial charge in [0.25, 0.3) is 0 Å². The third kappa shape index (κ3) is 2.17. The van der Waals surface area contributed by atoms with Crippen LogP contribution in [-0.2, 0) is 11.2 Å². The summed E-state index contributed by atoms with van der Waals surface area (Å²) in [5.74, 6) is -0.799. The van der Waals surface area contributed by atoms with E-state index in [4.69, 9.17) is 5.11 Å². The van der Waals surface area contributed by atoms with Crippen molar-refractivity contribution in [1.29, 1.82) is 0 Å². The van der Waals surface area contributed by atoms with Crippen molar-refractivity contribution in [3.8, 4) is 0 Å². The Kier molecular flexibility index (Phi) is 4.13. The van der Waals surface area contributed by atoms with Crippen LogP contribution in [0.3, 0.4) is 0 Å². The topological polar surface area (TPSA) is 49.3 Å². The van der Waals surface area contributed by atoms with E-state index < -0.39 is 12.0 Å². The SMILES string of the molecule is O=C(O)[C@@H]1NCCc2ccccc21.[NaH]. The average Bonchev–Trinajstić information content (AvgIpc) is 2.17. The first-order valence-corrected chi connectivity index (χ1v) is 4.33. The summed E-state index contributed by atoms with van der Waals surface area (Å²) in [6.07, 6.45) is 0.917. The Bertz CT molecular complexity index is 341. The van der Waals surface area contributed by atoms with Crippen LogP contribution in [0.5, 0.6) is 0 Å². The maximum absolute atomic E-state index is 10.9. The number of hydrogen-bond donors (Lipinski definition) is 2. The molecule has 0 aromatic heterocycles. The first-order valence-electron chi connectivity index (χ1n) is 4.33. The molecule has 1 heterocycles. The van der Waals surface area contributed by atoms with Gasteiger partial charge in [0.15, 0.2) is 0 Å². The second-order valence-electron chi connectivity index (χ2n) is 3.17. The minimum atomic E-state index is -0.799. The van der Waals surface area contributed by atoms with E-state index in [0.29, 0.717) is 0 Å². The fourth-order valence-corrected chi connectivity index (χ4v) is 1.72. The minimum absolute atomic E-state index is 0. The van der Waals surface area contributed by atoms with E-state index >= 15 is 0 Å². The summed E-state index contributed by atoms with van der Waals surface area (Å²) in [5.41, 5.74) is 2.05. The van der Waals surface area contributed by atoms with E-state index in [0.717, 1.165) is 24.1 Å². The zero-order valence-electron chi connectivity index (χ0n) is 7.16. The quantitative estimate of drug-likeness (QED) is 0.643. The normalized spacial score (nSPS) is 19.3. The summed E-state index contributed by atoms with van der Waals surface area (Å²) in [5, 5.41) is 11.9. The number of carboxylic acid groups (broad SMARTS) is 1. The molecular formula is C10H12NNaO2. The summed E-state index contributed by atoms with van der Waals surface area (Å²) >= 11 is 0. The Balaban J connectivity index is 0.000000980. The van der Waals surface area contributed by atoms with Crippen molar-refractivity contribution in [2.24, 2.45) is 0 Å². The van der Waals surface area contributed by atoms with Gasteiger partial charge in [-0.2, -0.15) is 0 Å². The Hall–Kier alpha value is -0.350. The number of nitrogens with one attached hydrogen (secondary N) is 1. The van der Waals surface area contributed by atoms with Gasteiger partial charge in [-0.15, -0.1) is 0 Å². The molecule has 0 amide bonds. The van der Waals surface area contributed by atoms with Gasteiger partial charge in [0.2, 0.25) is 0 Å². The van der Waals surface area contributed by atoms with Crippen molar-refractivity contribution in [2.75, 3.05) is 6.54 Å². The van der Waals surface area contributed by atoms with Gasteiger partial charge < -0.3 is 10.4 Å². The molecule has 0 aliphatic carbocycles. The summed E-state index contributed by atoms with van der Waals surface area (Å²) < 4.78 is 0. The van der Waals surface area contributed by atoms with E-state index in [1.165, 1.54) is 0 Å². The molecular weight excluding hydrogens is 189 g/mol. The van der Waals surface area contributed by atoms with Gasteiger partial charge in [0, 0.05) is 6.54 Å². The fraction of sp³-hybridized carbons (Fsp3) is 0.300. The maximum atomic E-state index is 10.9. The molecule has 1 aliphatic rings. The second-order valence-corrected chi connectivity index (χ2v) is 3.17. The van der Waals surface area contributed by atoms with Gasteiger partial charge in [-0.25, -0.2) is 0 Å². The fourth-order valence-electron chi connectivity index (χ4n) is 1.72. The van der Waals surface area contributed by atoms with Gasteiger partial charge in [0.05, 0.1) is 0 Å². The molecule has 1 aliphatic heterocycles. The molecule has 0 unspecified atom stereocenters. The van der Waals surface area contributed by atoms with Crippen LogP contribution in [-0.4, -0.2) is 47.2 Å². The standard InChI is InChI=1S/C10H11NO2.Na.H/c12-10(13)9-8-4-2-1-3-7(8)5-6-11-9;;/h1-4,9,11H,5-6H2,(H,12,13);;/t9-;;/m1../s1. The molecule has 0 bridgehead atoms. The summed E-state index contributed by atoms with van der Waals surface area (Å²) in [7, 11) is 0. The van der Waals surface area contributed by atoms with Crippen LogP contribution >= 0.6 is 0 Å². The first kappa shape index (κ1) is 11.7. The van der Waals surface area contributed by atoms with E-state index in [-0.39, 0.29) is 29.6 Å². The van der Waals surface area contributed by atoms with E-state index in [1.807, 2.05) is 24.3 Å². The Labute approximate surface area is 105 Å².